The molecule has 0 aliphatic carbocycles. The average Bonchev–Trinajstić information content (AvgIpc) is 0.779. The highest BCUT2D eigenvalue weighted by Gasteiger charge is 2.54. The lowest BCUT2D eigenvalue weighted by atomic mass is 9.96. The number of carbonyl (C=O) groups is 1. The highest BCUT2D eigenvalue weighted by molar-refractivity contribution is 5.76. The minimum atomic E-state index is -1.98. The molecule has 0 aromatic carbocycles. The van der Waals surface area contributed by atoms with E-state index >= 15 is 0 Å². The van der Waals surface area contributed by atoms with Crippen molar-refractivity contribution < 1.29 is 89.4 Å². The number of unbranched alkanes of at least 4 members (excludes halogenated alkanes) is 51. The Bertz CT molecular complexity index is 2130. The molecule has 3 aliphatic heterocycles. The van der Waals surface area contributed by atoms with E-state index in [2.05, 4.69) is 55.6 Å². The quantitative estimate of drug-likeness (QED) is 0.0199. The van der Waals surface area contributed by atoms with Gasteiger partial charge in [0.15, 0.2) is 18.9 Å². The lowest BCUT2D eigenvalue weighted by Crippen LogP contribution is -2.66. The number of aliphatic hydroxyl groups excluding tert-OH is 11. The van der Waals surface area contributed by atoms with E-state index in [1.165, 1.54) is 295 Å². The van der Waals surface area contributed by atoms with Crippen molar-refractivity contribution in [2.45, 2.75) is 484 Å². The van der Waals surface area contributed by atoms with Gasteiger partial charge >= 0.3 is 0 Å². The molecule has 12 N–H and O–H groups in total. The van der Waals surface area contributed by atoms with Crippen LogP contribution < -0.4 is 5.32 Å². The molecule has 0 bridgehead atoms. The van der Waals surface area contributed by atoms with Gasteiger partial charge in [-0.1, -0.05) is 364 Å². The first-order valence-corrected chi connectivity index (χ1v) is 44.9. The molecule has 3 aliphatic rings. The zero-order chi connectivity index (χ0) is 78.1. The summed E-state index contributed by atoms with van der Waals surface area (Å²) >= 11 is 0. The van der Waals surface area contributed by atoms with Crippen LogP contribution in [-0.2, 0) is 33.2 Å². The molecule has 0 radical (unpaired) electrons. The van der Waals surface area contributed by atoms with Crippen molar-refractivity contribution in [1.82, 2.24) is 5.32 Å². The van der Waals surface area contributed by atoms with E-state index in [0.717, 1.165) is 57.8 Å². The Morgan fingerprint density at radius 1 is 0.333 bits per heavy atom. The first-order chi connectivity index (χ1) is 52.8. The summed E-state index contributed by atoms with van der Waals surface area (Å²) in [4.78, 5) is 13.5. The first-order valence-electron chi connectivity index (χ1n) is 44.9. The maximum atomic E-state index is 13.5. The molecule has 17 unspecified atom stereocenters. The number of allylic oxidation sites excluding steroid dienone is 7. The van der Waals surface area contributed by atoms with Crippen LogP contribution in [0.1, 0.15) is 380 Å². The van der Waals surface area contributed by atoms with Crippen LogP contribution >= 0.6 is 0 Å². The molecule has 19 heteroatoms. The van der Waals surface area contributed by atoms with Crippen LogP contribution in [0.5, 0.6) is 0 Å². The van der Waals surface area contributed by atoms with Gasteiger partial charge in [0.05, 0.1) is 38.6 Å². The molecule has 0 aromatic rings. The lowest BCUT2D eigenvalue weighted by molar-refractivity contribution is -0.379. The van der Waals surface area contributed by atoms with Crippen molar-refractivity contribution >= 4 is 5.91 Å². The fourth-order valence-corrected chi connectivity index (χ4v) is 15.2. The lowest BCUT2D eigenvalue weighted by Gasteiger charge is -2.48. The fourth-order valence-electron chi connectivity index (χ4n) is 15.2. The van der Waals surface area contributed by atoms with E-state index in [1.807, 2.05) is 6.08 Å². The third kappa shape index (κ3) is 47.6. The third-order valence-corrected chi connectivity index (χ3v) is 22.4. The molecule has 0 aromatic heterocycles. The van der Waals surface area contributed by atoms with Gasteiger partial charge < -0.3 is 89.9 Å². The first kappa shape index (κ1) is 99.9. The van der Waals surface area contributed by atoms with Crippen LogP contribution in [0, 0.1) is 0 Å². The molecule has 1 amide bonds. The maximum absolute atomic E-state index is 13.5. The summed E-state index contributed by atoms with van der Waals surface area (Å²) in [5.41, 5.74) is 0. The number of hydrogen-bond donors (Lipinski definition) is 12. The van der Waals surface area contributed by atoms with Gasteiger partial charge in [0.1, 0.15) is 73.2 Å². The molecule has 3 fully saturated rings. The Labute approximate surface area is 656 Å². The normalized spacial score (nSPS) is 25.6. The minimum absolute atomic E-state index is 0.245. The molecule has 17 atom stereocenters. The van der Waals surface area contributed by atoms with E-state index in [-0.39, 0.29) is 18.9 Å². The van der Waals surface area contributed by atoms with Crippen LogP contribution in [-0.4, -0.2) is 193 Å². The number of hydrogen-bond acceptors (Lipinski definition) is 18. The van der Waals surface area contributed by atoms with Gasteiger partial charge in [-0.3, -0.25) is 4.79 Å². The summed E-state index contributed by atoms with van der Waals surface area (Å²) < 4.78 is 34.5. The zero-order valence-electron chi connectivity index (χ0n) is 68.3. The van der Waals surface area contributed by atoms with Crippen molar-refractivity contribution in [2.75, 3.05) is 26.4 Å². The van der Waals surface area contributed by atoms with Crippen LogP contribution in [0.3, 0.4) is 0 Å². The van der Waals surface area contributed by atoms with E-state index in [4.69, 9.17) is 28.4 Å². The number of carbonyl (C=O) groups excluding carboxylic acids is 1. The third-order valence-electron chi connectivity index (χ3n) is 22.4. The van der Waals surface area contributed by atoms with E-state index in [9.17, 15) is 61.0 Å². The van der Waals surface area contributed by atoms with Gasteiger partial charge in [0.25, 0.3) is 0 Å². The van der Waals surface area contributed by atoms with Crippen LogP contribution in [0.15, 0.2) is 48.6 Å². The summed E-state index contributed by atoms with van der Waals surface area (Å²) in [5.74, 6) is -0.269. The molecule has 634 valence electrons. The fraction of sp³-hybridized carbons (Fsp3) is 0.899. The molecule has 19 nitrogen and oxygen atoms in total. The number of aliphatic hydroxyl groups is 11. The van der Waals surface area contributed by atoms with Crippen molar-refractivity contribution in [1.29, 1.82) is 0 Å². The number of ether oxygens (including phenoxy) is 6. The summed E-state index contributed by atoms with van der Waals surface area (Å²) in [7, 11) is 0. The Morgan fingerprint density at radius 3 is 0.954 bits per heavy atom. The SMILES string of the molecule is CCCCCCC/C=C\C/C=C\C/C=C\CCCCCCCCCCCCCCCCCCCCC(=O)NC(COC1OC(CO)C(OC2OC(CO)C(OC3OC(CO)C(O)C(O)C3O)C(O)C2O)C(O)C1O)C(O)/C=C/CCCCCCCCCCCCCCCCCCCCCCCCCCCCCC. The molecule has 3 rings (SSSR count). The number of rotatable bonds is 73. The molecule has 3 saturated heterocycles. The van der Waals surface area contributed by atoms with Crippen molar-refractivity contribution in [2.24, 2.45) is 0 Å². The van der Waals surface area contributed by atoms with Crippen molar-refractivity contribution in [3.05, 3.63) is 48.6 Å². The highest BCUT2D eigenvalue weighted by atomic mass is 16.8. The van der Waals surface area contributed by atoms with Crippen molar-refractivity contribution in [3.63, 3.8) is 0 Å². The second-order valence-corrected chi connectivity index (χ2v) is 32.1. The average molecular weight is 1540 g/mol. The van der Waals surface area contributed by atoms with E-state index in [1.54, 1.807) is 6.08 Å². The molecule has 0 spiro atoms. The topological polar surface area (TPSA) is 307 Å². The summed E-state index contributed by atoms with van der Waals surface area (Å²) in [6.07, 6.45) is 62.6. The smallest absolute Gasteiger partial charge is 0.220 e. The Balaban J connectivity index is 1.33. The number of amides is 1. The predicted octanol–water partition coefficient (Wildman–Crippen LogP) is 16.8. The molecule has 3 heterocycles. The Morgan fingerprint density at radius 2 is 0.611 bits per heavy atom. The van der Waals surface area contributed by atoms with Crippen LogP contribution in [0.4, 0.5) is 0 Å². The van der Waals surface area contributed by atoms with Crippen LogP contribution in [0.2, 0.25) is 0 Å². The Kier molecular flexibility index (Phi) is 63.9. The molecule has 108 heavy (non-hydrogen) atoms. The summed E-state index contributed by atoms with van der Waals surface area (Å²) in [6.45, 7) is 1.79. The van der Waals surface area contributed by atoms with Gasteiger partial charge in [-0.15, -0.1) is 0 Å². The number of nitrogens with one attached hydrogen (secondary N) is 1. The van der Waals surface area contributed by atoms with Crippen molar-refractivity contribution in [3.8, 4) is 0 Å². The highest BCUT2D eigenvalue weighted by Crippen LogP contribution is 2.34. The van der Waals surface area contributed by atoms with Gasteiger partial charge in [-0.05, 0) is 57.8 Å². The van der Waals surface area contributed by atoms with Crippen LogP contribution in [0.25, 0.3) is 0 Å². The van der Waals surface area contributed by atoms with Gasteiger partial charge in [0.2, 0.25) is 5.91 Å². The van der Waals surface area contributed by atoms with Gasteiger partial charge in [-0.25, -0.2) is 0 Å². The predicted molar refractivity (Wildman–Crippen MR) is 434 cm³/mol. The Hall–Kier alpha value is -2.25. The molecule has 0 saturated carbocycles. The zero-order valence-corrected chi connectivity index (χ0v) is 68.3. The summed E-state index contributed by atoms with van der Waals surface area (Å²) in [6, 6.07) is -0.975. The second-order valence-electron chi connectivity index (χ2n) is 32.1. The standard InChI is InChI=1S/C89H165NO18/c1-3-5-7-9-11-13-15-17-19-21-23-25-27-29-31-33-35-36-37-39-41-43-45-47-49-51-53-55-57-59-61-63-65-67-77(95)90-72(73(94)66-64-62-60-58-56-54-52-50-48-46-44-42-40-38-34-32-30-28-26-24-22-20-18-16-14-12-10-8-6-4-2)71-103-87-83(101)80(98)85(75(69-92)105-87)108-89-84(102)81(99)86(76(70-93)106-89)107-88-82(100)79(97)78(96)74(68-91)104-88/h15,17,21,23,27,29,64,66,72-76,78-89,91-94,96-102H,3-14,16,18-20,22,24-26,28,30-63,65,67-71H2,1-2H3,(H,90,95)/b17-15-,23-21-,29-27-,66-64+. The van der Waals surface area contributed by atoms with Gasteiger partial charge in [0, 0.05) is 6.42 Å². The maximum Gasteiger partial charge on any atom is 0.220 e. The van der Waals surface area contributed by atoms with Gasteiger partial charge in [-0.2, -0.15) is 0 Å². The summed E-state index contributed by atoms with van der Waals surface area (Å²) in [5, 5.41) is 121. The van der Waals surface area contributed by atoms with E-state index in [0.29, 0.717) is 6.42 Å². The molecular formula is C89H165NO18. The van der Waals surface area contributed by atoms with E-state index < -0.39 is 124 Å². The monoisotopic (exact) mass is 1540 g/mol. The minimum Gasteiger partial charge on any atom is -0.394 e. The second kappa shape index (κ2) is 69.1. The largest absolute Gasteiger partial charge is 0.394 e. The molecular weight excluding hydrogens is 1370 g/mol.